The van der Waals surface area contributed by atoms with Gasteiger partial charge in [0.15, 0.2) is 5.11 Å². The summed E-state index contributed by atoms with van der Waals surface area (Å²) < 4.78 is 1.00. The molecule has 3 nitrogen and oxygen atoms in total. The molecule has 0 unspecified atom stereocenters. The van der Waals surface area contributed by atoms with Crippen LogP contribution in [0.3, 0.4) is 0 Å². The molecule has 18 heavy (non-hydrogen) atoms. The van der Waals surface area contributed by atoms with Crippen molar-refractivity contribution < 1.29 is 0 Å². The zero-order valence-corrected chi connectivity index (χ0v) is 11.9. The minimum absolute atomic E-state index is 0.540. The van der Waals surface area contributed by atoms with Gasteiger partial charge in [0.2, 0.25) is 0 Å². The van der Waals surface area contributed by atoms with Crippen molar-refractivity contribution in [3.05, 3.63) is 53.0 Å². The molecule has 0 aliphatic rings. The Labute approximate surface area is 120 Å². The highest BCUT2D eigenvalue weighted by atomic mass is 79.9. The second-order valence-corrected chi connectivity index (χ2v) is 5.04. The molecule has 0 saturated heterocycles. The molecule has 0 aromatic heterocycles. The smallest absolute Gasteiger partial charge is 0.175 e. The number of nitrogens with two attached hydrogens (primary N) is 1. The van der Waals surface area contributed by atoms with Crippen LogP contribution in [0.1, 0.15) is 0 Å². The van der Waals surface area contributed by atoms with E-state index in [1.165, 1.54) is 0 Å². The van der Waals surface area contributed by atoms with Crippen LogP contribution in [0.25, 0.3) is 0 Å². The Morgan fingerprint density at radius 2 is 1.67 bits per heavy atom. The molecule has 92 valence electrons. The molecule has 2 aromatic carbocycles. The summed E-state index contributed by atoms with van der Waals surface area (Å²) >= 11 is 8.63. The fourth-order valence-corrected chi connectivity index (χ4v) is 2.06. The molecule has 0 atom stereocenters. The van der Waals surface area contributed by atoms with Crippen LogP contribution in [-0.2, 0) is 0 Å². The average Bonchev–Trinajstić information content (AvgIpc) is 2.32. The highest BCUT2D eigenvalue weighted by Crippen LogP contribution is 2.16. The Bertz CT molecular complexity index is 554. The third-order valence-corrected chi connectivity index (χ3v) is 2.95. The van der Waals surface area contributed by atoms with Gasteiger partial charge in [-0.25, -0.2) is 0 Å². The van der Waals surface area contributed by atoms with Crippen LogP contribution >= 0.6 is 28.1 Å². The van der Waals surface area contributed by atoms with Crippen molar-refractivity contribution in [2.24, 2.45) is 0 Å². The van der Waals surface area contributed by atoms with Gasteiger partial charge >= 0.3 is 0 Å². The lowest BCUT2D eigenvalue weighted by Gasteiger charge is -2.10. The minimum Gasteiger partial charge on any atom is -0.399 e. The third kappa shape index (κ3) is 3.72. The number of benzene rings is 2. The van der Waals surface area contributed by atoms with Gasteiger partial charge < -0.3 is 16.4 Å². The lowest BCUT2D eigenvalue weighted by Crippen LogP contribution is -2.18. The molecule has 0 bridgehead atoms. The minimum atomic E-state index is 0.540. The van der Waals surface area contributed by atoms with E-state index in [2.05, 4.69) is 26.6 Å². The Balaban J connectivity index is 1.98. The van der Waals surface area contributed by atoms with E-state index in [0.717, 1.165) is 21.5 Å². The van der Waals surface area contributed by atoms with E-state index in [1.807, 2.05) is 48.5 Å². The number of thiocarbonyl (C=S) groups is 1. The summed E-state index contributed by atoms with van der Waals surface area (Å²) in [5.74, 6) is 0. The lowest BCUT2D eigenvalue weighted by molar-refractivity contribution is 1.58. The molecule has 2 aromatic rings. The number of hydrogen-bond donors (Lipinski definition) is 3. The maximum atomic E-state index is 5.62. The number of halogens is 1. The fraction of sp³-hybridized carbons (Fsp3) is 0. The maximum Gasteiger partial charge on any atom is 0.175 e. The normalized spacial score (nSPS) is 9.83. The predicted octanol–water partition coefficient (Wildman–Crippen LogP) is 3.84. The summed E-state index contributed by atoms with van der Waals surface area (Å²) in [5, 5.41) is 6.73. The number of hydrogen-bond acceptors (Lipinski definition) is 2. The molecular formula is C13H12BrN3S. The van der Waals surface area contributed by atoms with Gasteiger partial charge in [-0.15, -0.1) is 0 Å². The largest absolute Gasteiger partial charge is 0.399 e. The first-order valence-corrected chi connectivity index (χ1v) is 6.53. The molecule has 0 fully saturated rings. The standard InChI is InChI=1S/C13H12BrN3S/c14-9-2-1-3-12(8-9)17-13(18)16-11-6-4-10(15)5-7-11/h1-8H,15H2,(H2,16,17,18). The van der Waals surface area contributed by atoms with Crippen molar-refractivity contribution in [1.82, 2.24) is 0 Å². The predicted molar refractivity (Wildman–Crippen MR) is 84.8 cm³/mol. The van der Waals surface area contributed by atoms with Gasteiger partial charge in [-0.05, 0) is 54.7 Å². The van der Waals surface area contributed by atoms with Crippen LogP contribution in [0.5, 0.6) is 0 Å². The van der Waals surface area contributed by atoms with Crippen LogP contribution in [0.4, 0.5) is 17.1 Å². The Morgan fingerprint density at radius 3 is 2.33 bits per heavy atom. The Hall–Kier alpha value is -1.59. The molecule has 0 aliphatic heterocycles. The van der Waals surface area contributed by atoms with E-state index >= 15 is 0 Å². The van der Waals surface area contributed by atoms with Crippen molar-refractivity contribution in [2.75, 3.05) is 16.4 Å². The molecule has 5 heteroatoms. The molecule has 0 spiro atoms. The van der Waals surface area contributed by atoms with Crippen molar-refractivity contribution in [2.45, 2.75) is 0 Å². The van der Waals surface area contributed by atoms with Crippen molar-refractivity contribution in [3.8, 4) is 0 Å². The van der Waals surface area contributed by atoms with E-state index in [4.69, 9.17) is 18.0 Å². The summed E-state index contributed by atoms with van der Waals surface area (Å²) in [7, 11) is 0. The van der Waals surface area contributed by atoms with Gasteiger partial charge in [-0.2, -0.15) is 0 Å². The van der Waals surface area contributed by atoms with Crippen LogP contribution < -0.4 is 16.4 Å². The van der Waals surface area contributed by atoms with E-state index < -0.39 is 0 Å². The van der Waals surface area contributed by atoms with Gasteiger partial charge in [0.05, 0.1) is 0 Å². The number of nitrogens with one attached hydrogen (secondary N) is 2. The molecule has 0 radical (unpaired) electrons. The Morgan fingerprint density at radius 1 is 1.00 bits per heavy atom. The molecular weight excluding hydrogens is 310 g/mol. The second-order valence-electron chi connectivity index (χ2n) is 3.71. The van der Waals surface area contributed by atoms with E-state index in [0.29, 0.717) is 5.11 Å². The average molecular weight is 322 g/mol. The molecule has 2 rings (SSSR count). The molecule has 4 N–H and O–H groups in total. The zero-order chi connectivity index (χ0) is 13.0. The van der Waals surface area contributed by atoms with E-state index in [1.54, 1.807) is 0 Å². The zero-order valence-electron chi connectivity index (χ0n) is 9.48. The molecule has 0 amide bonds. The van der Waals surface area contributed by atoms with Crippen molar-refractivity contribution in [3.63, 3.8) is 0 Å². The van der Waals surface area contributed by atoms with Crippen LogP contribution in [0.2, 0.25) is 0 Å². The highest BCUT2D eigenvalue weighted by Gasteiger charge is 1.99. The summed E-state index contributed by atoms with van der Waals surface area (Å²) in [6, 6.07) is 15.2. The fourth-order valence-electron chi connectivity index (χ4n) is 1.43. The molecule has 0 aliphatic carbocycles. The van der Waals surface area contributed by atoms with Crippen LogP contribution in [-0.4, -0.2) is 5.11 Å². The lowest BCUT2D eigenvalue weighted by atomic mass is 10.3. The monoisotopic (exact) mass is 321 g/mol. The van der Waals surface area contributed by atoms with Gasteiger partial charge in [0.25, 0.3) is 0 Å². The van der Waals surface area contributed by atoms with Crippen LogP contribution in [0.15, 0.2) is 53.0 Å². The first-order valence-electron chi connectivity index (χ1n) is 5.32. The maximum absolute atomic E-state index is 5.62. The van der Waals surface area contributed by atoms with E-state index in [9.17, 15) is 0 Å². The van der Waals surface area contributed by atoms with Gasteiger partial charge in [0, 0.05) is 21.5 Å². The van der Waals surface area contributed by atoms with Gasteiger partial charge in [0.1, 0.15) is 0 Å². The summed E-state index contributed by atoms with van der Waals surface area (Å²) in [6.07, 6.45) is 0. The quantitative estimate of drug-likeness (QED) is 0.581. The van der Waals surface area contributed by atoms with Gasteiger partial charge in [-0.1, -0.05) is 22.0 Å². The topological polar surface area (TPSA) is 50.1 Å². The summed E-state index contributed by atoms with van der Waals surface area (Å²) in [4.78, 5) is 0. The summed E-state index contributed by atoms with van der Waals surface area (Å²) in [6.45, 7) is 0. The van der Waals surface area contributed by atoms with Crippen molar-refractivity contribution in [1.29, 1.82) is 0 Å². The number of anilines is 3. The van der Waals surface area contributed by atoms with Crippen molar-refractivity contribution >= 4 is 50.3 Å². The number of rotatable bonds is 2. The molecule has 0 saturated carbocycles. The van der Waals surface area contributed by atoms with Crippen LogP contribution in [0, 0.1) is 0 Å². The molecule has 0 heterocycles. The van der Waals surface area contributed by atoms with Gasteiger partial charge in [-0.3, -0.25) is 0 Å². The highest BCUT2D eigenvalue weighted by molar-refractivity contribution is 9.10. The first kappa shape index (κ1) is 12.9. The second kappa shape index (κ2) is 5.84. The first-order chi connectivity index (χ1) is 8.63. The SMILES string of the molecule is Nc1ccc(NC(=S)Nc2cccc(Br)c2)cc1. The number of nitrogen functional groups attached to an aromatic ring is 1. The third-order valence-electron chi connectivity index (χ3n) is 2.25. The summed E-state index contributed by atoms with van der Waals surface area (Å²) in [5.41, 5.74) is 8.17. The van der Waals surface area contributed by atoms with E-state index in [-0.39, 0.29) is 0 Å². The Kier molecular flexibility index (Phi) is 4.17.